The third-order valence-electron chi connectivity index (χ3n) is 12.6. The summed E-state index contributed by atoms with van der Waals surface area (Å²) in [5.41, 5.74) is 4.03. The smallest absolute Gasteiger partial charge is 0.302 e. The van der Waals surface area contributed by atoms with E-state index in [2.05, 4.69) is 85.0 Å². The van der Waals surface area contributed by atoms with Gasteiger partial charge in [0.05, 0.1) is 23.4 Å². The molecule has 4 aliphatic rings. The molecule has 0 amide bonds. The van der Waals surface area contributed by atoms with Crippen molar-refractivity contribution in [1.82, 2.24) is 14.5 Å². The third kappa shape index (κ3) is 4.45. The van der Waals surface area contributed by atoms with E-state index in [1.54, 1.807) is 6.92 Å². The number of ether oxygens (including phenoxy) is 1. The van der Waals surface area contributed by atoms with Gasteiger partial charge in [0.2, 0.25) is 0 Å². The van der Waals surface area contributed by atoms with Gasteiger partial charge < -0.3 is 9.30 Å². The summed E-state index contributed by atoms with van der Waals surface area (Å²) in [6.45, 7) is 7.74. The Morgan fingerprint density at radius 2 is 1.71 bits per heavy atom. The maximum atomic E-state index is 12.5. The van der Waals surface area contributed by atoms with Crippen LogP contribution in [-0.2, 0) is 16.1 Å². The van der Waals surface area contributed by atoms with E-state index in [4.69, 9.17) is 9.72 Å². The fourth-order valence-corrected chi connectivity index (χ4v) is 10.5. The molecule has 41 heavy (non-hydrogen) atoms. The van der Waals surface area contributed by atoms with Crippen molar-refractivity contribution in [2.45, 2.75) is 96.9 Å². The Kier molecular flexibility index (Phi) is 6.80. The highest BCUT2D eigenvalue weighted by molar-refractivity contribution is 5.75. The molecule has 5 heteroatoms. The van der Waals surface area contributed by atoms with Gasteiger partial charge in [0.25, 0.3) is 0 Å². The molecule has 9 atom stereocenters. The number of hydrogen-bond acceptors (Lipinski definition) is 4. The van der Waals surface area contributed by atoms with Crippen LogP contribution in [0.5, 0.6) is 0 Å². The predicted molar refractivity (Wildman–Crippen MR) is 163 cm³/mol. The summed E-state index contributed by atoms with van der Waals surface area (Å²) in [7, 11) is 2.34. The van der Waals surface area contributed by atoms with Crippen LogP contribution in [0.3, 0.4) is 0 Å². The fourth-order valence-electron chi connectivity index (χ4n) is 10.5. The van der Waals surface area contributed by atoms with Gasteiger partial charge in [-0.1, -0.05) is 56.3 Å². The molecule has 0 unspecified atom stereocenters. The molecule has 0 radical (unpaired) electrons. The minimum absolute atomic E-state index is 0.0131. The van der Waals surface area contributed by atoms with Crippen LogP contribution in [-0.4, -0.2) is 39.6 Å². The van der Waals surface area contributed by atoms with Gasteiger partial charge in [-0.3, -0.25) is 9.69 Å². The average molecular weight is 554 g/mol. The van der Waals surface area contributed by atoms with Gasteiger partial charge in [0.15, 0.2) is 0 Å². The van der Waals surface area contributed by atoms with Crippen molar-refractivity contribution >= 4 is 17.0 Å². The molecule has 2 aromatic carbocycles. The normalized spacial score (nSPS) is 38.3. The number of benzene rings is 2. The SMILES string of the molecule is CC(=O)O[C@H]1[C@@H](n2cnc3ccccc32)C[C@H]2[C@@H]3CC[C@H]4C[C@@H](N(C)Cc5ccccc5)CC[C@]4(C)[C@H]3CC[C@@]21C. The summed E-state index contributed by atoms with van der Waals surface area (Å²) in [5.74, 6) is 2.72. The number of fused-ring (bicyclic) bond motifs is 6. The number of para-hydroxylation sites is 2. The molecule has 5 nitrogen and oxygen atoms in total. The van der Waals surface area contributed by atoms with E-state index in [0.29, 0.717) is 23.3 Å². The zero-order valence-electron chi connectivity index (χ0n) is 25.3. The Bertz CT molecular complexity index is 1400. The lowest BCUT2D eigenvalue weighted by Crippen LogP contribution is -2.55. The molecule has 1 heterocycles. The number of carbonyl (C=O) groups excluding carboxylic acids is 1. The van der Waals surface area contributed by atoms with Crippen LogP contribution < -0.4 is 0 Å². The number of esters is 1. The lowest BCUT2D eigenvalue weighted by Gasteiger charge is -2.61. The van der Waals surface area contributed by atoms with Crippen LogP contribution in [0.1, 0.15) is 83.7 Å². The molecule has 3 aromatic rings. The van der Waals surface area contributed by atoms with Gasteiger partial charge in [-0.15, -0.1) is 0 Å². The molecule has 0 aliphatic heterocycles. The van der Waals surface area contributed by atoms with Gasteiger partial charge >= 0.3 is 5.97 Å². The Balaban J connectivity index is 1.13. The number of carbonyl (C=O) groups is 1. The van der Waals surface area contributed by atoms with Crippen LogP contribution in [0.2, 0.25) is 0 Å². The van der Waals surface area contributed by atoms with Crippen molar-refractivity contribution in [3.63, 3.8) is 0 Å². The fraction of sp³-hybridized carbons (Fsp3) is 0.611. The minimum Gasteiger partial charge on any atom is -0.460 e. The quantitative estimate of drug-likeness (QED) is 0.304. The predicted octanol–water partition coefficient (Wildman–Crippen LogP) is 7.66. The van der Waals surface area contributed by atoms with Gasteiger partial charge in [0, 0.05) is 24.9 Å². The summed E-state index contributed by atoms with van der Waals surface area (Å²) in [4.78, 5) is 19.8. The highest BCUT2D eigenvalue weighted by atomic mass is 16.5. The Labute approximate surface area is 245 Å². The summed E-state index contributed by atoms with van der Waals surface area (Å²) in [5, 5.41) is 0. The zero-order chi connectivity index (χ0) is 28.4. The minimum atomic E-state index is -0.151. The summed E-state index contributed by atoms with van der Waals surface area (Å²) in [6.07, 6.45) is 12.1. The second kappa shape index (κ2) is 10.3. The van der Waals surface area contributed by atoms with E-state index in [1.165, 1.54) is 44.1 Å². The monoisotopic (exact) mass is 553 g/mol. The van der Waals surface area contributed by atoms with Crippen LogP contribution in [0.15, 0.2) is 60.9 Å². The lowest BCUT2D eigenvalue weighted by atomic mass is 9.45. The van der Waals surface area contributed by atoms with E-state index in [0.717, 1.165) is 42.3 Å². The molecule has 4 saturated carbocycles. The van der Waals surface area contributed by atoms with Gasteiger partial charge in [-0.2, -0.15) is 0 Å². The Hall–Kier alpha value is -2.66. The molecule has 0 bridgehead atoms. The maximum Gasteiger partial charge on any atom is 0.302 e. The highest BCUT2D eigenvalue weighted by Crippen LogP contribution is 2.68. The van der Waals surface area contributed by atoms with Crippen LogP contribution in [0.25, 0.3) is 11.0 Å². The first kappa shape index (κ1) is 27.2. The largest absolute Gasteiger partial charge is 0.460 e. The zero-order valence-corrected chi connectivity index (χ0v) is 25.3. The Morgan fingerprint density at radius 1 is 0.951 bits per heavy atom. The molecule has 0 N–H and O–H groups in total. The topological polar surface area (TPSA) is 47.4 Å². The van der Waals surface area contributed by atoms with Crippen LogP contribution in [0, 0.1) is 34.5 Å². The molecule has 0 spiro atoms. The maximum absolute atomic E-state index is 12.5. The van der Waals surface area contributed by atoms with E-state index in [1.807, 2.05) is 6.33 Å². The first-order chi connectivity index (χ1) is 19.8. The molecule has 0 saturated heterocycles. The molecule has 4 fully saturated rings. The first-order valence-corrected chi connectivity index (χ1v) is 16.1. The second-order valence-corrected chi connectivity index (χ2v) is 14.5. The summed E-state index contributed by atoms with van der Waals surface area (Å²) in [6, 6.07) is 20.2. The second-order valence-electron chi connectivity index (χ2n) is 14.5. The van der Waals surface area contributed by atoms with E-state index in [-0.39, 0.29) is 23.5 Å². The summed E-state index contributed by atoms with van der Waals surface area (Å²) < 4.78 is 8.61. The van der Waals surface area contributed by atoms with Crippen molar-refractivity contribution in [2.75, 3.05) is 7.05 Å². The van der Waals surface area contributed by atoms with E-state index >= 15 is 0 Å². The molecular weight excluding hydrogens is 506 g/mol. The number of hydrogen-bond donors (Lipinski definition) is 0. The highest BCUT2D eigenvalue weighted by Gasteiger charge is 2.64. The number of imidazole rings is 1. The summed E-state index contributed by atoms with van der Waals surface area (Å²) >= 11 is 0. The molecular formula is C36H47N3O2. The van der Waals surface area contributed by atoms with Crippen molar-refractivity contribution in [2.24, 2.45) is 34.5 Å². The van der Waals surface area contributed by atoms with E-state index in [9.17, 15) is 4.79 Å². The molecule has 7 rings (SSSR count). The van der Waals surface area contributed by atoms with Crippen molar-refractivity contribution in [1.29, 1.82) is 0 Å². The number of nitrogens with zero attached hydrogens (tertiary/aromatic N) is 3. The van der Waals surface area contributed by atoms with Crippen LogP contribution in [0.4, 0.5) is 0 Å². The van der Waals surface area contributed by atoms with Crippen molar-refractivity contribution in [3.05, 3.63) is 66.5 Å². The number of rotatable bonds is 5. The van der Waals surface area contributed by atoms with Gasteiger partial charge in [0.1, 0.15) is 6.10 Å². The van der Waals surface area contributed by atoms with Gasteiger partial charge in [-0.25, -0.2) is 4.98 Å². The van der Waals surface area contributed by atoms with Crippen molar-refractivity contribution in [3.8, 4) is 0 Å². The number of aromatic nitrogens is 2. The van der Waals surface area contributed by atoms with Crippen molar-refractivity contribution < 1.29 is 9.53 Å². The lowest BCUT2D eigenvalue weighted by molar-refractivity contribution is -0.164. The van der Waals surface area contributed by atoms with Gasteiger partial charge in [-0.05, 0) is 105 Å². The first-order valence-electron chi connectivity index (χ1n) is 16.1. The molecule has 1 aromatic heterocycles. The third-order valence-corrected chi connectivity index (χ3v) is 12.6. The molecule has 218 valence electrons. The van der Waals surface area contributed by atoms with Crippen LogP contribution >= 0.6 is 0 Å². The van der Waals surface area contributed by atoms with E-state index < -0.39 is 0 Å². The molecule has 4 aliphatic carbocycles. The Morgan fingerprint density at radius 3 is 2.51 bits per heavy atom. The average Bonchev–Trinajstić information content (AvgIpc) is 3.51. The standard InChI is InChI=1S/C36H47N3O2/c1-24(40)41-34-33(39-23-37-31-12-8-9-13-32(31)39)21-30-28-15-14-26-20-27(38(4)22-25-10-6-5-7-11-25)16-18-35(26,2)29(28)17-19-36(30,34)3/h5-13,23,26-30,33-34H,14-22H2,1-4H3/t26-,27-,28+,29-,30-,33-,34-,35-,36-/m0/s1.